The first-order valence-electron chi connectivity index (χ1n) is 6.37. The van der Waals surface area contributed by atoms with E-state index in [9.17, 15) is 9.90 Å². The van der Waals surface area contributed by atoms with E-state index in [2.05, 4.69) is 0 Å². The van der Waals surface area contributed by atoms with Crippen LogP contribution in [0.2, 0.25) is 0 Å². The van der Waals surface area contributed by atoms with Gasteiger partial charge in [0.05, 0.1) is 7.11 Å². The highest BCUT2D eigenvalue weighted by molar-refractivity contribution is 5.74. The van der Waals surface area contributed by atoms with E-state index < -0.39 is 12.1 Å². The van der Waals surface area contributed by atoms with Crippen LogP contribution in [0.25, 0.3) is 0 Å². The summed E-state index contributed by atoms with van der Waals surface area (Å²) in [4.78, 5) is 10.8. The van der Waals surface area contributed by atoms with E-state index in [1.807, 2.05) is 30.3 Å². The van der Waals surface area contributed by atoms with Crippen LogP contribution in [0.3, 0.4) is 0 Å². The first-order valence-corrected chi connectivity index (χ1v) is 6.37. The zero-order valence-electron chi connectivity index (χ0n) is 11.5. The zero-order chi connectivity index (χ0) is 15.2. The second kappa shape index (κ2) is 6.76. The molecule has 21 heavy (non-hydrogen) atoms. The van der Waals surface area contributed by atoms with Crippen molar-refractivity contribution >= 4 is 5.97 Å². The Morgan fingerprint density at radius 2 is 1.86 bits per heavy atom. The van der Waals surface area contributed by atoms with Gasteiger partial charge in [-0.3, -0.25) is 0 Å². The maximum absolute atomic E-state index is 10.8. The van der Waals surface area contributed by atoms with Crippen LogP contribution in [0, 0.1) is 0 Å². The Morgan fingerprint density at radius 1 is 1.14 bits per heavy atom. The summed E-state index contributed by atoms with van der Waals surface area (Å²) in [6.07, 6.45) is -1.59. The molecule has 0 saturated carbocycles. The summed E-state index contributed by atoms with van der Waals surface area (Å²) in [5.74, 6) is -0.444. The van der Waals surface area contributed by atoms with Crippen LogP contribution in [0.1, 0.15) is 17.2 Å². The van der Waals surface area contributed by atoms with Crippen LogP contribution in [0.4, 0.5) is 0 Å². The molecule has 0 spiro atoms. The van der Waals surface area contributed by atoms with Gasteiger partial charge in [0.2, 0.25) is 0 Å². The third-order valence-corrected chi connectivity index (χ3v) is 2.97. The molecular weight excluding hydrogens is 272 g/mol. The lowest BCUT2D eigenvalue weighted by Gasteiger charge is -2.13. The number of benzene rings is 2. The molecule has 0 radical (unpaired) electrons. The number of carboxylic acid groups (broad SMARTS) is 1. The van der Waals surface area contributed by atoms with Crippen LogP contribution in [0.5, 0.6) is 11.5 Å². The normalized spacial score (nSPS) is 11.7. The molecule has 2 N–H and O–H groups in total. The number of hydrogen-bond acceptors (Lipinski definition) is 4. The summed E-state index contributed by atoms with van der Waals surface area (Å²) >= 11 is 0. The summed E-state index contributed by atoms with van der Waals surface area (Å²) in [5, 5.41) is 18.4. The number of carboxylic acids is 1. The number of ether oxygens (including phenoxy) is 2. The minimum absolute atomic E-state index is 0.242. The highest BCUT2D eigenvalue weighted by Crippen LogP contribution is 2.31. The van der Waals surface area contributed by atoms with Crippen molar-refractivity contribution in [3.05, 3.63) is 59.7 Å². The molecule has 0 bridgehead atoms. The Hall–Kier alpha value is -2.53. The minimum Gasteiger partial charge on any atom is -0.493 e. The van der Waals surface area contributed by atoms with Gasteiger partial charge in [-0.05, 0) is 23.3 Å². The monoisotopic (exact) mass is 288 g/mol. The number of aliphatic hydroxyl groups excluding tert-OH is 1. The molecule has 0 aromatic heterocycles. The molecule has 0 fully saturated rings. The molecule has 1 unspecified atom stereocenters. The molecule has 2 aromatic rings. The lowest BCUT2D eigenvalue weighted by Crippen LogP contribution is -2.10. The molecule has 1 atom stereocenters. The van der Waals surface area contributed by atoms with Gasteiger partial charge in [-0.2, -0.15) is 0 Å². The Kier molecular flexibility index (Phi) is 4.79. The number of aliphatic hydroxyl groups is 1. The van der Waals surface area contributed by atoms with Gasteiger partial charge in [-0.25, -0.2) is 4.79 Å². The quantitative estimate of drug-likeness (QED) is 0.853. The van der Waals surface area contributed by atoms with E-state index in [1.165, 1.54) is 19.2 Å². The number of aliphatic carboxylic acids is 1. The molecular formula is C16H16O5. The molecule has 0 aliphatic carbocycles. The number of carbonyl (C=O) groups is 1. The predicted molar refractivity (Wildman–Crippen MR) is 76.4 cm³/mol. The summed E-state index contributed by atoms with van der Waals surface area (Å²) < 4.78 is 10.8. The lowest BCUT2D eigenvalue weighted by molar-refractivity contribution is -0.146. The van der Waals surface area contributed by atoms with E-state index in [4.69, 9.17) is 14.6 Å². The summed E-state index contributed by atoms with van der Waals surface area (Å²) in [5.41, 5.74) is 1.22. The van der Waals surface area contributed by atoms with Gasteiger partial charge >= 0.3 is 5.97 Å². The fraction of sp³-hybridized carbons (Fsp3) is 0.188. The molecule has 5 heteroatoms. The molecule has 0 heterocycles. The highest BCUT2D eigenvalue weighted by Gasteiger charge is 2.18. The predicted octanol–water partition coefficient (Wildman–Crippen LogP) is 2.39. The Bertz CT molecular complexity index is 609. The Labute approximate surface area is 122 Å². The van der Waals surface area contributed by atoms with E-state index in [0.717, 1.165) is 5.56 Å². The number of hydrogen-bond donors (Lipinski definition) is 2. The van der Waals surface area contributed by atoms with Gasteiger partial charge < -0.3 is 19.7 Å². The fourth-order valence-corrected chi connectivity index (χ4v) is 1.85. The molecule has 2 rings (SSSR count). The van der Waals surface area contributed by atoms with Gasteiger partial charge in [-0.15, -0.1) is 0 Å². The minimum atomic E-state index is -1.59. The topological polar surface area (TPSA) is 76.0 Å². The van der Waals surface area contributed by atoms with Crippen LogP contribution in [-0.2, 0) is 11.4 Å². The van der Waals surface area contributed by atoms with Crippen molar-refractivity contribution in [3.63, 3.8) is 0 Å². The second-order valence-electron chi connectivity index (χ2n) is 4.43. The molecule has 0 aliphatic heterocycles. The van der Waals surface area contributed by atoms with Crippen LogP contribution >= 0.6 is 0 Å². The molecule has 0 aliphatic rings. The Morgan fingerprint density at radius 3 is 2.48 bits per heavy atom. The fourth-order valence-electron chi connectivity index (χ4n) is 1.85. The van der Waals surface area contributed by atoms with Gasteiger partial charge in [0.15, 0.2) is 17.6 Å². The van der Waals surface area contributed by atoms with Crippen molar-refractivity contribution in [1.82, 2.24) is 0 Å². The van der Waals surface area contributed by atoms with Gasteiger partial charge in [0, 0.05) is 0 Å². The molecule has 5 nitrogen and oxygen atoms in total. The maximum Gasteiger partial charge on any atom is 0.337 e. The van der Waals surface area contributed by atoms with E-state index in [1.54, 1.807) is 6.07 Å². The van der Waals surface area contributed by atoms with Crippen LogP contribution in [-0.4, -0.2) is 23.3 Å². The van der Waals surface area contributed by atoms with E-state index in [0.29, 0.717) is 18.1 Å². The van der Waals surface area contributed by atoms with E-state index in [-0.39, 0.29) is 5.56 Å². The van der Waals surface area contributed by atoms with Crippen molar-refractivity contribution in [2.24, 2.45) is 0 Å². The van der Waals surface area contributed by atoms with Crippen molar-refractivity contribution in [2.45, 2.75) is 12.7 Å². The third kappa shape index (κ3) is 3.73. The Balaban J connectivity index is 2.20. The molecule has 0 saturated heterocycles. The summed E-state index contributed by atoms with van der Waals surface area (Å²) in [6.45, 7) is 0.323. The molecule has 0 amide bonds. The highest BCUT2D eigenvalue weighted by atomic mass is 16.5. The maximum atomic E-state index is 10.8. The van der Waals surface area contributed by atoms with Crippen LogP contribution in [0.15, 0.2) is 48.5 Å². The number of rotatable bonds is 6. The third-order valence-electron chi connectivity index (χ3n) is 2.97. The van der Waals surface area contributed by atoms with Crippen molar-refractivity contribution in [3.8, 4) is 11.5 Å². The largest absolute Gasteiger partial charge is 0.493 e. The standard InChI is InChI=1S/C16H16O5/c1-20-13-8-7-12(15(17)16(18)19)9-14(13)21-10-11-5-3-2-4-6-11/h2-9,15,17H,10H2,1H3,(H,18,19). The van der Waals surface area contributed by atoms with Crippen molar-refractivity contribution < 1.29 is 24.5 Å². The van der Waals surface area contributed by atoms with Crippen molar-refractivity contribution in [2.75, 3.05) is 7.11 Å². The number of methoxy groups -OCH3 is 1. The summed E-state index contributed by atoms with van der Waals surface area (Å²) in [7, 11) is 1.50. The SMILES string of the molecule is COc1ccc(C(O)C(=O)O)cc1OCc1ccccc1. The molecule has 2 aromatic carbocycles. The zero-order valence-corrected chi connectivity index (χ0v) is 11.5. The first-order chi connectivity index (χ1) is 10.1. The smallest absolute Gasteiger partial charge is 0.337 e. The second-order valence-corrected chi connectivity index (χ2v) is 4.43. The van der Waals surface area contributed by atoms with Gasteiger partial charge in [0.25, 0.3) is 0 Å². The van der Waals surface area contributed by atoms with Crippen LogP contribution < -0.4 is 9.47 Å². The first kappa shape index (κ1) is 14.9. The molecule has 110 valence electrons. The van der Waals surface area contributed by atoms with Gasteiger partial charge in [-0.1, -0.05) is 36.4 Å². The summed E-state index contributed by atoms with van der Waals surface area (Å²) in [6, 6.07) is 14.1. The average Bonchev–Trinajstić information content (AvgIpc) is 2.52. The van der Waals surface area contributed by atoms with Crippen molar-refractivity contribution in [1.29, 1.82) is 0 Å². The van der Waals surface area contributed by atoms with Gasteiger partial charge in [0.1, 0.15) is 6.61 Å². The average molecular weight is 288 g/mol. The van der Waals surface area contributed by atoms with E-state index >= 15 is 0 Å². The lowest BCUT2D eigenvalue weighted by atomic mass is 10.1.